The van der Waals surface area contributed by atoms with Crippen LogP contribution in [0.2, 0.25) is 0 Å². The van der Waals surface area contributed by atoms with Gasteiger partial charge in [-0.1, -0.05) is 60.7 Å². The van der Waals surface area contributed by atoms with Gasteiger partial charge < -0.3 is 10.1 Å². The SMILES string of the molecule is CC(C(=O)Nc1ccccc1OC(F)F)N1Cc2ccccc2-c2ccccc2C1. The number of para-hydroxylation sites is 2. The van der Waals surface area contributed by atoms with Crippen LogP contribution in [0.1, 0.15) is 18.1 Å². The maximum atomic E-state index is 13.0. The smallest absolute Gasteiger partial charge is 0.387 e. The quantitative estimate of drug-likeness (QED) is 0.623. The number of alkyl halides is 2. The van der Waals surface area contributed by atoms with Gasteiger partial charge in [-0.05, 0) is 41.3 Å². The second kappa shape index (κ2) is 8.63. The van der Waals surface area contributed by atoms with E-state index in [9.17, 15) is 13.6 Å². The Morgan fingerprint density at radius 3 is 2.03 bits per heavy atom. The van der Waals surface area contributed by atoms with E-state index >= 15 is 0 Å². The minimum absolute atomic E-state index is 0.0559. The molecule has 0 radical (unpaired) electrons. The van der Waals surface area contributed by atoms with Crippen molar-refractivity contribution in [3.8, 4) is 16.9 Å². The van der Waals surface area contributed by atoms with Crippen molar-refractivity contribution in [2.24, 2.45) is 0 Å². The first-order valence-corrected chi connectivity index (χ1v) is 9.78. The Balaban J connectivity index is 1.58. The Bertz CT molecular complexity index is 1010. The zero-order valence-corrected chi connectivity index (χ0v) is 16.5. The summed E-state index contributed by atoms with van der Waals surface area (Å²) in [5, 5.41) is 2.74. The van der Waals surface area contributed by atoms with Crippen LogP contribution in [0.5, 0.6) is 5.75 Å². The highest BCUT2D eigenvalue weighted by atomic mass is 19.3. The number of nitrogens with zero attached hydrogens (tertiary/aromatic N) is 1. The van der Waals surface area contributed by atoms with E-state index in [1.165, 1.54) is 17.2 Å². The third-order valence-corrected chi connectivity index (χ3v) is 5.36. The number of fused-ring (bicyclic) bond motifs is 3. The fourth-order valence-corrected chi connectivity index (χ4v) is 3.78. The van der Waals surface area contributed by atoms with Crippen LogP contribution in [-0.2, 0) is 17.9 Å². The zero-order chi connectivity index (χ0) is 21.1. The molecule has 1 atom stereocenters. The number of amides is 1. The van der Waals surface area contributed by atoms with Crippen molar-refractivity contribution in [3.63, 3.8) is 0 Å². The van der Waals surface area contributed by atoms with Crippen LogP contribution < -0.4 is 10.1 Å². The van der Waals surface area contributed by atoms with Gasteiger partial charge in [-0.25, -0.2) is 0 Å². The van der Waals surface area contributed by atoms with E-state index in [2.05, 4.69) is 39.2 Å². The highest BCUT2D eigenvalue weighted by molar-refractivity contribution is 5.95. The molecular formula is C24H22F2N2O2. The molecule has 0 spiro atoms. The van der Waals surface area contributed by atoms with Gasteiger partial charge in [0.25, 0.3) is 0 Å². The average molecular weight is 408 g/mol. The monoisotopic (exact) mass is 408 g/mol. The molecule has 1 N–H and O–H groups in total. The third-order valence-electron chi connectivity index (χ3n) is 5.36. The van der Waals surface area contributed by atoms with E-state index in [1.807, 2.05) is 31.2 Å². The molecule has 4 nitrogen and oxygen atoms in total. The van der Waals surface area contributed by atoms with Crippen molar-refractivity contribution in [2.75, 3.05) is 5.32 Å². The molecule has 0 saturated heterocycles. The summed E-state index contributed by atoms with van der Waals surface area (Å²) in [7, 11) is 0. The molecule has 30 heavy (non-hydrogen) atoms. The van der Waals surface area contributed by atoms with Crippen molar-refractivity contribution in [3.05, 3.63) is 83.9 Å². The molecule has 0 aliphatic carbocycles. The summed E-state index contributed by atoms with van der Waals surface area (Å²) in [6, 6.07) is 22.1. The van der Waals surface area contributed by atoms with Crippen LogP contribution in [0.4, 0.5) is 14.5 Å². The van der Waals surface area contributed by atoms with Crippen molar-refractivity contribution < 1.29 is 18.3 Å². The molecule has 3 aromatic rings. The van der Waals surface area contributed by atoms with E-state index in [0.29, 0.717) is 13.1 Å². The van der Waals surface area contributed by atoms with E-state index < -0.39 is 12.7 Å². The Kier molecular flexibility index (Phi) is 5.77. The summed E-state index contributed by atoms with van der Waals surface area (Å²) in [5.74, 6) is -0.336. The Labute approximate surface area is 174 Å². The summed E-state index contributed by atoms with van der Waals surface area (Å²) in [6.07, 6.45) is 0. The lowest BCUT2D eigenvalue weighted by molar-refractivity contribution is -0.121. The Hall–Kier alpha value is -3.25. The van der Waals surface area contributed by atoms with Gasteiger partial charge in [0.1, 0.15) is 5.75 Å². The third kappa shape index (κ3) is 4.19. The molecule has 6 heteroatoms. The summed E-state index contributed by atoms with van der Waals surface area (Å²) in [4.78, 5) is 15.1. The van der Waals surface area contributed by atoms with E-state index in [4.69, 9.17) is 0 Å². The van der Waals surface area contributed by atoms with Crippen molar-refractivity contribution in [1.82, 2.24) is 4.90 Å². The molecule has 1 amide bonds. The molecule has 0 bridgehead atoms. The Morgan fingerprint density at radius 1 is 0.900 bits per heavy atom. The molecule has 3 aromatic carbocycles. The highest BCUT2D eigenvalue weighted by Crippen LogP contribution is 2.33. The van der Waals surface area contributed by atoms with Gasteiger partial charge in [0.15, 0.2) is 0 Å². The molecular weight excluding hydrogens is 386 g/mol. The Morgan fingerprint density at radius 2 is 1.43 bits per heavy atom. The number of ether oxygens (including phenoxy) is 1. The van der Waals surface area contributed by atoms with Crippen LogP contribution in [-0.4, -0.2) is 23.5 Å². The molecule has 1 aliphatic rings. The van der Waals surface area contributed by atoms with Crippen LogP contribution in [0.3, 0.4) is 0 Å². The summed E-state index contributed by atoms with van der Waals surface area (Å²) in [5.41, 5.74) is 4.84. The van der Waals surface area contributed by atoms with Crippen LogP contribution in [0.15, 0.2) is 72.8 Å². The van der Waals surface area contributed by atoms with Crippen LogP contribution >= 0.6 is 0 Å². The first-order valence-electron chi connectivity index (χ1n) is 9.78. The fraction of sp³-hybridized carbons (Fsp3) is 0.208. The van der Waals surface area contributed by atoms with Gasteiger partial charge in [-0.15, -0.1) is 0 Å². The first-order chi connectivity index (χ1) is 14.5. The zero-order valence-electron chi connectivity index (χ0n) is 16.5. The minimum Gasteiger partial charge on any atom is -0.433 e. The summed E-state index contributed by atoms with van der Waals surface area (Å²) in [6.45, 7) is 0.0743. The van der Waals surface area contributed by atoms with Crippen LogP contribution in [0, 0.1) is 0 Å². The molecule has 1 heterocycles. The maximum absolute atomic E-state index is 13.0. The molecule has 0 saturated carbocycles. The largest absolute Gasteiger partial charge is 0.433 e. The normalized spacial score (nSPS) is 14.4. The number of carbonyl (C=O) groups excluding carboxylic acids is 1. The van der Waals surface area contributed by atoms with Gasteiger partial charge in [-0.2, -0.15) is 8.78 Å². The van der Waals surface area contributed by atoms with Crippen molar-refractivity contribution >= 4 is 11.6 Å². The van der Waals surface area contributed by atoms with Gasteiger partial charge in [0, 0.05) is 13.1 Å². The number of hydrogen-bond acceptors (Lipinski definition) is 3. The number of halogens is 2. The molecule has 4 rings (SSSR count). The topological polar surface area (TPSA) is 41.6 Å². The van der Waals surface area contributed by atoms with Gasteiger partial charge in [0.2, 0.25) is 5.91 Å². The molecule has 0 fully saturated rings. The molecule has 0 aromatic heterocycles. The number of nitrogens with one attached hydrogen (secondary N) is 1. The minimum atomic E-state index is -2.96. The van der Waals surface area contributed by atoms with E-state index in [0.717, 1.165) is 11.1 Å². The number of hydrogen-bond donors (Lipinski definition) is 1. The number of anilines is 1. The van der Waals surface area contributed by atoms with E-state index in [-0.39, 0.29) is 17.3 Å². The second-order valence-corrected chi connectivity index (χ2v) is 7.26. The molecule has 154 valence electrons. The maximum Gasteiger partial charge on any atom is 0.387 e. The lowest BCUT2D eigenvalue weighted by atomic mass is 9.97. The number of carbonyl (C=O) groups is 1. The number of benzene rings is 3. The van der Waals surface area contributed by atoms with Gasteiger partial charge >= 0.3 is 6.61 Å². The van der Waals surface area contributed by atoms with Crippen LogP contribution in [0.25, 0.3) is 11.1 Å². The predicted octanol–water partition coefficient (Wildman–Crippen LogP) is 5.30. The molecule has 1 unspecified atom stereocenters. The predicted molar refractivity (Wildman–Crippen MR) is 112 cm³/mol. The summed E-state index contributed by atoms with van der Waals surface area (Å²) >= 11 is 0. The average Bonchev–Trinajstić information content (AvgIpc) is 2.91. The fourth-order valence-electron chi connectivity index (χ4n) is 3.78. The van der Waals surface area contributed by atoms with Gasteiger partial charge in [0.05, 0.1) is 11.7 Å². The van der Waals surface area contributed by atoms with Crippen molar-refractivity contribution in [1.29, 1.82) is 0 Å². The second-order valence-electron chi connectivity index (χ2n) is 7.26. The summed E-state index contributed by atoms with van der Waals surface area (Å²) < 4.78 is 29.9. The van der Waals surface area contributed by atoms with Gasteiger partial charge in [-0.3, -0.25) is 9.69 Å². The lowest BCUT2D eigenvalue weighted by Gasteiger charge is -2.27. The first kappa shape index (κ1) is 20.0. The van der Waals surface area contributed by atoms with Crippen molar-refractivity contribution in [2.45, 2.75) is 32.7 Å². The van der Waals surface area contributed by atoms with E-state index in [1.54, 1.807) is 18.2 Å². The highest BCUT2D eigenvalue weighted by Gasteiger charge is 2.27. The number of rotatable bonds is 5. The standard InChI is InChI=1S/C24H22F2N2O2/c1-16(23(29)27-21-12-6-7-13-22(21)30-24(25)26)28-14-17-8-2-4-10-19(17)20-11-5-3-9-18(20)15-28/h2-13,16,24H,14-15H2,1H3,(H,27,29). The molecule has 1 aliphatic heterocycles. The lowest BCUT2D eigenvalue weighted by Crippen LogP contribution is -2.41.